The van der Waals surface area contributed by atoms with Crippen LogP contribution in [0.2, 0.25) is 0 Å². The monoisotopic (exact) mass is 262 g/mol. The predicted molar refractivity (Wildman–Crippen MR) is 48.6 cm³/mol. The number of aromatic nitrogens is 2. The molecule has 0 atom stereocenters. The van der Waals surface area contributed by atoms with Gasteiger partial charge in [0.15, 0.2) is 0 Å². The van der Waals surface area contributed by atoms with Crippen LogP contribution in [0.15, 0.2) is 0 Å². The smallest absolute Gasteiger partial charge is 0.358 e. The molecule has 96 valence electrons. The van der Waals surface area contributed by atoms with Gasteiger partial charge in [-0.1, -0.05) is 0 Å². The highest BCUT2D eigenvalue weighted by Gasteiger charge is 2.49. The van der Waals surface area contributed by atoms with E-state index in [-0.39, 0.29) is 0 Å². The minimum atomic E-state index is -2.73. The van der Waals surface area contributed by atoms with Gasteiger partial charge in [-0.05, 0) is 4.92 Å². The van der Waals surface area contributed by atoms with Gasteiger partial charge < -0.3 is 10.1 Å². The number of H-pyrrole nitrogens is 1. The molecular formula is C4H2N6O8. The molecule has 0 aliphatic heterocycles. The van der Waals surface area contributed by atoms with Gasteiger partial charge >= 0.3 is 17.7 Å². The molecule has 1 N–H and O–H groups in total. The topological polar surface area (TPSA) is 201 Å². The first-order valence-corrected chi connectivity index (χ1v) is 3.91. The molecule has 1 aromatic rings. The van der Waals surface area contributed by atoms with Gasteiger partial charge in [-0.3, -0.25) is 30.3 Å². The van der Waals surface area contributed by atoms with E-state index in [4.69, 9.17) is 0 Å². The SMILES string of the molecule is O=[N+]([O-])c1n[nH]c(C([N+](=O)[O-])[N+](=O)[O-])c1[N+](=O)[O-]. The number of rotatable bonds is 5. The zero-order valence-corrected chi connectivity index (χ0v) is 8.08. The van der Waals surface area contributed by atoms with Crippen molar-refractivity contribution in [3.8, 4) is 0 Å². The first-order chi connectivity index (χ1) is 8.27. The molecule has 0 aliphatic carbocycles. The number of hydrogen-bond acceptors (Lipinski definition) is 9. The summed E-state index contributed by atoms with van der Waals surface area (Å²) in [6, 6.07) is 0. The summed E-state index contributed by atoms with van der Waals surface area (Å²) in [5.74, 6) is -1.33. The molecule has 0 aliphatic rings. The van der Waals surface area contributed by atoms with Gasteiger partial charge in [0.2, 0.25) is 0 Å². The van der Waals surface area contributed by atoms with Crippen molar-refractivity contribution in [3.05, 3.63) is 46.2 Å². The molecule has 14 nitrogen and oxygen atoms in total. The third kappa shape index (κ3) is 2.01. The fraction of sp³-hybridized carbons (Fsp3) is 0.250. The minimum absolute atomic E-state index is 1.17. The van der Waals surface area contributed by atoms with Crippen LogP contribution in [-0.2, 0) is 0 Å². The maximum absolute atomic E-state index is 10.6. The van der Waals surface area contributed by atoms with E-state index in [0.717, 1.165) is 0 Å². The summed E-state index contributed by atoms with van der Waals surface area (Å²) in [4.78, 5) is 36.3. The molecule has 0 fully saturated rings. The van der Waals surface area contributed by atoms with Crippen LogP contribution in [0.25, 0.3) is 0 Å². The summed E-state index contributed by atoms with van der Waals surface area (Å²) in [6.45, 7) is 0. The summed E-state index contributed by atoms with van der Waals surface area (Å²) in [5, 5.41) is 46.2. The summed E-state index contributed by atoms with van der Waals surface area (Å²) >= 11 is 0. The lowest BCUT2D eigenvalue weighted by molar-refractivity contribution is -0.753. The van der Waals surface area contributed by atoms with E-state index in [1.165, 1.54) is 0 Å². The summed E-state index contributed by atoms with van der Waals surface area (Å²) in [6.07, 6.45) is -2.73. The molecule has 1 aromatic heterocycles. The van der Waals surface area contributed by atoms with Gasteiger partial charge in [-0.15, -0.1) is 0 Å². The maximum Gasteiger partial charge on any atom is 0.501 e. The van der Waals surface area contributed by atoms with Gasteiger partial charge in [0.25, 0.3) is 5.69 Å². The molecule has 0 bridgehead atoms. The van der Waals surface area contributed by atoms with Crippen molar-refractivity contribution in [1.82, 2.24) is 10.2 Å². The lowest BCUT2D eigenvalue weighted by atomic mass is 10.3. The molecule has 1 heterocycles. The van der Waals surface area contributed by atoms with Crippen LogP contribution in [-0.4, -0.2) is 29.9 Å². The predicted octanol–water partition coefficient (Wildman–Crippen LogP) is -0.222. The van der Waals surface area contributed by atoms with Crippen molar-refractivity contribution in [1.29, 1.82) is 0 Å². The molecule has 0 unspecified atom stereocenters. The van der Waals surface area contributed by atoms with E-state index in [2.05, 4.69) is 5.10 Å². The minimum Gasteiger partial charge on any atom is -0.358 e. The number of aromatic amines is 1. The van der Waals surface area contributed by atoms with Crippen LogP contribution in [0.4, 0.5) is 11.5 Å². The van der Waals surface area contributed by atoms with Crippen molar-refractivity contribution in [2.45, 2.75) is 6.17 Å². The fourth-order valence-corrected chi connectivity index (χ4v) is 1.11. The molecular weight excluding hydrogens is 260 g/mol. The third-order valence-electron chi connectivity index (χ3n) is 1.76. The van der Waals surface area contributed by atoms with Gasteiger partial charge in [0, 0.05) is 0 Å². The van der Waals surface area contributed by atoms with Crippen molar-refractivity contribution in [3.63, 3.8) is 0 Å². The second-order valence-corrected chi connectivity index (χ2v) is 2.77. The Balaban J connectivity index is 3.50. The second-order valence-electron chi connectivity index (χ2n) is 2.77. The lowest BCUT2D eigenvalue weighted by Crippen LogP contribution is -2.21. The van der Waals surface area contributed by atoms with Crippen molar-refractivity contribution < 1.29 is 19.7 Å². The maximum atomic E-state index is 10.6. The Morgan fingerprint density at radius 1 is 0.944 bits per heavy atom. The van der Waals surface area contributed by atoms with Crippen LogP contribution in [0.1, 0.15) is 11.9 Å². The largest absolute Gasteiger partial charge is 0.501 e. The standard InChI is InChI=1S/C4H2N6O8/c11-7(12)2-1(4(9(15)16)10(17)18)5-6-3(2)8(13)14/h4H,(H,5,6). The molecule has 0 radical (unpaired) electrons. The first-order valence-electron chi connectivity index (χ1n) is 3.91. The van der Waals surface area contributed by atoms with Gasteiger partial charge in [-0.25, -0.2) is 0 Å². The normalized spacial score (nSPS) is 10.3. The molecule has 0 spiro atoms. The van der Waals surface area contributed by atoms with Crippen LogP contribution in [0.5, 0.6) is 0 Å². The highest BCUT2D eigenvalue weighted by Crippen LogP contribution is 2.33. The van der Waals surface area contributed by atoms with E-state index in [0.29, 0.717) is 0 Å². The number of hydrogen-bond donors (Lipinski definition) is 1. The summed E-state index contributed by atoms with van der Waals surface area (Å²) in [5.41, 5.74) is -2.57. The van der Waals surface area contributed by atoms with Crippen molar-refractivity contribution in [2.75, 3.05) is 0 Å². The van der Waals surface area contributed by atoms with Gasteiger partial charge in [-0.2, -0.15) is 5.10 Å². The zero-order valence-electron chi connectivity index (χ0n) is 8.08. The fourth-order valence-electron chi connectivity index (χ4n) is 1.11. The van der Waals surface area contributed by atoms with E-state index in [1.807, 2.05) is 0 Å². The molecule has 14 heteroatoms. The second kappa shape index (κ2) is 4.36. The van der Waals surface area contributed by atoms with E-state index < -0.39 is 43.1 Å². The van der Waals surface area contributed by atoms with Gasteiger partial charge in [0.1, 0.15) is 9.85 Å². The first kappa shape index (κ1) is 12.9. The van der Waals surface area contributed by atoms with E-state index >= 15 is 0 Å². The van der Waals surface area contributed by atoms with Crippen molar-refractivity contribution >= 4 is 11.5 Å². The van der Waals surface area contributed by atoms with Crippen LogP contribution >= 0.6 is 0 Å². The lowest BCUT2D eigenvalue weighted by Gasteiger charge is -1.97. The van der Waals surface area contributed by atoms with Crippen LogP contribution < -0.4 is 0 Å². The number of nitrogens with zero attached hydrogens (tertiary/aromatic N) is 5. The Labute approximate surface area is 94.8 Å². The molecule has 0 aromatic carbocycles. The molecule has 0 saturated carbocycles. The summed E-state index contributed by atoms with van der Waals surface area (Å²) in [7, 11) is 0. The van der Waals surface area contributed by atoms with Gasteiger partial charge in [0.05, 0.1) is 10.0 Å². The molecule has 0 saturated heterocycles. The average molecular weight is 262 g/mol. The molecule has 0 amide bonds. The number of nitro groups is 4. The van der Waals surface area contributed by atoms with Crippen LogP contribution in [0.3, 0.4) is 0 Å². The molecule has 1 rings (SSSR count). The van der Waals surface area contributed by atoms with Crippen LogP contribution in [0, 0.1) is 40.5 Å². The highest BCUT2D eigenvalue weighted by molar-refractivity contribution is 5.50. The Bertz CT molecular complexity index is 534. The zero-order chi connectivity index (χ0) is 14.0. The number of nitrogens with one attached hydrogen (secondary N) is 1. The van der Waals surface area contributed by atoms with E-state index in [1.54, 1.807) is 5.10 Å². The Hall–Kier alpha value is -3.19. The summed E-state index contributed by atoms with van der Waals surface area (Å²) < 4.78 is 0. The Kier molecular flexibility index (Phi) is 3.12. The van der Waals surface area contributed by atoms with Crippen molar-refractivity contribution in [2.24, 2.45) is 0 Å². The third-order valence-corrected chi connectivity index (χ3v) is 1.76. The highest BCUT2D eigenvalue weighted by atomic mass is 16.7. The quantitative estimate of drug-likeness (QED) is 0.422. The Morgan fingerprint density at radius 3 is 1.78 bits per heavy atom. The average Bonchev–Trinajstić information content (AvgIpc) is 2.60. The molecule has 18 heavy (non-hydrogen) atoms. The Morgan fingerprint density at radius 2 is 1.44 bits per heavy atom. The van der Waals surface area contributed by atoms with E-state index in [9.17, 15) is 40.5 Å².